The van der Waals surface area contributed by atoms with Crippen molar-refractivity contribution in [1.82, 2.24) is 0 Å². The summed E-state index contributed by atoms with van der Waals surface area (Å²) < 4.78 is 68.8. The standard InChI is InChI=1S/C85H166O17P2/c1-5-9-13-17-21-25-28-31-34-36-38-40-42-44-46-49-51-54-58-62-66-70-83(88)96-76-81(102-85(90)72-68-64-60-56-53-50-47-45-43-41-39-37-35-32-29-26-22-18-14-10-6-2)78-100-104(93,94)98-74-79(86)73-97-103(91,92)99-77-80(75-95-82(87)69-65-61-57-24-20-16-12-8-4)101-84(89)71-67-63-59-55-52-48-33-30-27-23-19-15-11-7-3/h79-81,86H,5-78H2,1-4H3,(H,91,92)(H,93,94)/t79-,80+,81+/m0/s1. The van der Waals surface area contributed by atoms with E-state index < -0.39 is 97.5 Å². The normalized spacial score (nSPS) is 13.7. The maximum Gasteiger partial charge on any atom is 0.472 e. The maximum absolute atomic E-state index is 13.1. The Morgan fingerprint density at radius 2 is 0.385 bits per heavy atom. The quantitative estimate of drug-likeness (QED) is 0.0222. The number of ether oxygens (including phenoxy) is 4. The molecule has 0 radical (unpaired) electrons. The highest BCUT2D eigenvalue weighted by molar-refractivity contribution is 7.47. The van der Waals surface area contributed by atoms with Crippen molar-refractivity contribution in [3.05, 3.63) is 0 Å². The fourth-order valence-corrected chi connectivity index (χ4v) is 14.9. The van der Waals surface area contributed by atoms with Gasteiger partial charge in [-0.05, 0) is 25.7 Å². The molecule has 0 aromatic carbocycles. The number of carbonyl (C=O) groups is 4. The van der Waals surface area contributed by atoms with Gasteiger partial charge in [0.2, 0.25) is 0 Å². The molecule has 0 saturated carbocycles. The van der Waals surface area contributed by atoms with Gasteiger partial charge in [0.05, 0.1) is 26.4 Å². The zero-order valence-corrected chi connectivity index (χ0v) is 69.8. The summed E-state index contributed by atoms with van der Waals surface area (Å²) in [6, 6.07) is 0. The Morgan fingerprint density at radius 1 is 0.231 bits per heavy atom. The lowest BCUT2D eigenvalue weighted by molar-refractivity contribution is -0.161. The fourth-order valence-electron chi connectivity index (χ4n) is 13.3. The van der Waals surface area contributed by atoms with Crippen molar-refractivity contribution in [2.45, 2.75) is 483 Å². The van der Waals surface area contributed by atoms with E-state index >= 15 is 0 Å². The molecule has 0 aromatic rings. The number of hydrogen-bond acceptors (Lipinski definition) is 15. The number of phosphoric acid groups is 2. The highest BCUT2D eigenvalue weighted by Gasteiger charge is 2.30. The molecule has 0 aliphatic heterocycles. The molecule has 0 aliphatic rings. The van der Waals surface area contributed by atoms with Gasteiger partial charge in [0, 0.05) is 25.7 Å². The van der Waals surface area contributed by atoms with Crippen LogP contribution in [0.4, 0.5) is 0 Å². The molecule has 0 fully saturated rings. The highest BCUT2D eigenvalue weighted by atomic mass is 31.2. The summed E-state index contributed by atoms with van der Waals surface area (Å²) in [6.45, 7) is 5.02. The average Bonchev–Trinajstić information content (AvgIpc) is 0.910. The zero-order valence-electron chi connectivity index (χ0n) is 68.0. The second kappa shape index (κ2) is 79.2. The number of rotatable bonds is 86. The van der Waals surface area contributed by atoms with Crippen LogP contribution in [-0.4, -0.2) is 96.7 Å². The minimum atomic E-state index is -4.96. The lowest BCUT2D eigenvalue weighted by Gasteiger charge is -2.21. The van der Waals surface area contributed by atoms with Crippen LogP contribution in [0.3, 0.4) is 0 Å². The van der Waals surface area contributed by atoms with Gasteiger partial charge in [-0.3, -0.25) is 37.3 Å². The van der Waals surface area contributed by atoms with Crippen molar-refractivity contribution >= 4 is 39.5 Å². The number of unbranched alkanes of at least 4 members (excludes halogenated alkanes) is 60. The van der Waals surface area contributed by atoms with E-state index in [4.69, 9.17) is 37.0 Å². The minimum absolute atomic E-state index is 0.108. The van der Waals surface area contributed by atoms with Gasteiger partial charge >= 0.3 is 39.5 Å². The van der Waals surface area contributed by atoms with E-state index in [1.807, 2.05) is 0 Å². The Morgan fingerprint density at radius 3 is 0.567 bits per heavy atom. The first kappa shape index (κ1) is 102. The third kappa shape index (κ3) is 78.2. The Labute approximate surface area is 638 Å². The molecule has 17 nitrogen and oxygen atoms in total. The van der Waals surface area contributed by atoms with Crippen molar-refractivity contribution in [2.24, 2.45) is 0 Å². The topological polar surface area (TPSA) is 237 Å². The summed E-state index contributed by atoms with van der Waals surface area (Å²) in [6.07, 6.45) is 73.8. The predicted molar refractivity (Wildman–Crippen MR) is 428 cm³/mol. The molecule has 2 unspecified atom stereocenters. The van der Waals surface area contributed by atoms with E-state index in [0.29, 0.717) is 25.7 Å². The van der Waals surface area contributed by atoms with Gasteiger partial charge in [-0.15, -0.1) is 0 Å². The lowest BCUT2D eigenvalue weighted by Crippen LogP contribution is -2.30. The van der Waals surface area contributed by atoms with E-state index in [-0.39, 0.29) is 25.7 Å². The van der Waals surface area contributed by atoms with Gasteiger partial charge in [0.15, 0.2) is 12.2 Å². The first-order valence-corrected chi connectivity index (χ1v) is 47.3. The largest absolute Gasteiger partial charge is 0.472 e. The maximum atomic E-state index is 13.1. The monoisotopic (exact) mass is 1520 g/mol. The van der Waals surface area contributed by atoms with Crippen molar-refractivity contribution in [3.63, 3.8) is 0 Å². The number of aliphatic hydroxyl groups excluding tert-OH is 1. The van der Waals surface area contributed by atoms with E-state index in [9.17, 15) is 43.2 Å². The van der Waals surface area contributed by atoms with Crippen LogP contribution in [0.1, 0.15) is 464 Å². The third-order valence-electron chi connectivity index (χ3n) is 20.1. The SMILES string of the molecule is CCCCCCCCCCCCCCCCCCCCCCCC(=O)OC[C@H](COP(=O)(O)OC[C@@H](O)COP(=O)(O)OC[C@@H](COC(=O)CCCCCCCCCC)OC(=O)CCCCCCCCCCCCCCCC)OC(=O)CCCCCCCCCCCCCCCCCCCCCCC. The molecule has 0 aromatic heterocycles. The summed E-state index contributed by atoms with van der Waals surface area (Å²) in [5.41, 5.74) is 0. The first-order valence-electron chi connectivity index (χ1n) is 44.3. The summed E-state index contributed by atoms with van der Waals surface area (Å²) in [5.74, 6) is -2.10. The van der Waals surface area contributed by atoms with Crippen LogP contribution >= 0.6 is 15.6 Å². The van der Waals surface area contributed by atoms with Crippen molar-refractivity contribution < 1.29 is 80.2 Å². The smallest absolute Gasteiger partial charge is 0.462 e. The van der Waals surface area contributed by atoms with Crippen molar-refractivity contribution in [2.75, 3.05) is 39.6 Å². The van der Waals surface area contributed by atoms with Gasteiger partial charge < -0.3 is 33.8 Å². The highest BCUT2D eigenvalue weighted by Crippen LogP contribution is 2.45. The third-order valence-corrected chi connectivity index (χ3v) is 22.0. The van der Waals surface area contributed by atoms with Crippen molar-refractivity contribution in [1.29, 1.82) is 0 Å². The Kier molecular flexibility index (Phi) is 77.7. The first-order chi connectivity index (χ1) is 50.7. The average molecular weight is 1520 g/mol. The Balaban J connectivity index is 5.17. The second-order valence-electron chi connectivity index (χ2n) is 30.6. The molecule has 0 rings (SSSR count). The van der Waals surface area contributed by atoms with Gasteiger partial charge in [-0.25, -0.2) is 9.13 Å². The summed E-state index contributed by atoms with van der Waals surface area (Å²) in [5, 5.41) is 10.7. The summed E-state index contributed by atoms with van der Waals surface area (Å²) >= 11 is 0. The number of esters is 4. The number of carbonyl (C=O) groups excluding carboxylic acids is 4. The van der Waals surface area contributed by atoms with Gasteiger partial charge in [-0.1, -0.05) is 413 Å². The molecule has 5 atom stereocenters. The Bertz CT molecular complexity index is 1960. The van der Waals surface area contributed by atoms with Crippen LogP contribution < -0.4 is 0 Å². The molecule has 0 bridgehead atoms. The molecular formula is C85H166O17P2. The molecule has 3 N–H and O–H groups in total. The summed E-state index contributed by atoms with van der Waals surface area (Å²) in [7, 11) is -9.92. The fraction of sp³-hybridized carbons (Fsp3) is 0.953. The number of phosphoric ester groups is 2. The molecular weight excluding hydrogens is 1350 g/mol. The van der Waals surface area contributed by atoms with E-state index in [0.717, 1.165) is 89.9 Å². The number of hydrogen-bond donors (Lipinski definition) is 3. The van der Waals surface area contributed by atoms with E-state index in [1.54, 1.807) is 0 Å². The molecule has 0 heterocycles. The van der Waals surface area contributed by atoms with Crippen LogP contribution in [0.5, 0.6) is 0 Å². The summed E-state index contributed by atoms with van der Waals surface area (Å²) in [4.78, 5) is 73.0. The predicted octanol–water partition coefficient (Wildman–Crippen LogP) is 26.1. The van der Waals surface area contributed by atoms with E-state index in [2.05, 4.69) is 27.7 Å². The lowest BCUT2D eigenvalue weighted by atomic mass is 10.0. The van der Waals surface area contributed by atoms with Crippen LogP contribution in [-0.2, 0) is 65.4 Å². The number of aliphatic hydroxyl groups is 1. The van der Waals surface area contributed by atoms with Gasteiger partial charge in [-0.2, -0.15) is 0 Å². The molecule has 0 spiro atoms. The molecule has 104 heavy (non-hydrogen) atoms. The Hall–Kier alpha value is -1.94. The minimum Gasteiger partial charge on any atom is -0.462 e. The van der Waals surface area contributed by atoms with Crippen LogP contribution in [0, 0.1) is 0 Å². The van der Waals surface area contributed by atoms with Gasteiger partial charge in [0.25, 0.3) is 0 Å². The van der Waals surface area contributed by atoms with Crippen LogP contribution in [0.25, 0.3) is 0 Å². The van der Waals surface area contributed by atoms with Crippen LogP contribution in [0.2, 0.25) is 0 Å². The molecule has 0 amide bonds. The molecule has 19 heteroatoms. The second-order valence-corrected chi connectivity index (χ2v) is 33.5. The van der Waals surface area contributed by atoms with E-state index in [1.165, 1.54) is 295 Å². The molecule has 0 saturated heterocycles. The van der Waals surface area contributed by atoms with Gasteiger partial charge in [0.1, 0.15) is 19.3 Å². The van der Waals surface area contributed by atoms with Crippen LogP contribution in [0.15, 0.2) is 0 Å². The zero-order chi connectivity index (χ0) is 76.0. The molecule has 0 aliphatic carbocycles. The molecule has 618 valence electrons. The van der Waals surface area contributed by atoms with Crippen molar-refractivity contribution in [3.8, 4) is 0 Å².